The summed E-state index contributed by atoms with van der Waals surface area (Å²) in [7, 11) is 2.11. The lowest BCUT2D eigenvalue weighted by atomic mass is 9.99. The van der Waals surface area contributed by atoms with Crippen molar-refractivity contribution in [1.29, 1.82) is 5.26 Å². The first-order chi connectivity index (χ1) is 14.5. The summed E-state index contributed by atoms with van der Waals surface area (Å²) in [6.07, 6.45) is 3.86. The Bertz CT molecular complexity index is 935. The van der Waals surface area contributed by atoms with Gasteiger partial charge >= 0.3 is 0 Å². The fourth-order valence-corrected chi connectivity index (χ4v) is 3.78. The van der Waals surface area contributed by atoms with Crippen LogP contribution in [-0.4, -0.2) is 67.1 Å². The van der Waals surface area contributed by atoms with Gasteiger partial charge in [-0.15, -0.1) is 0 Å². The van der Waals surface area contributed by atoms with Gasteiger partial charge in [0.2, 0.25) is 11.7 Å². The van der Waals surface area contributed by atoms with Crippen molar-refractivity contribution in [1.82, 2.24) is 14.9 Å². The topological polar surface area (TPSA) is 102 Å². The second kappa shape index (κ2) is 8.71. The average molecular weight is 409 g/mol. The molecule has 158 valence electrons. The fourth-order valence-electron chi connectivity index (χ4n) is 3.78. The van der Waals surface area contributed by atoms with Gasteiger partial charge in [0.05, 0.1) is 6.20 Å². The van der Waals surface area contributed by atoms with E-state index in [0.717, 1.165) is 57.9 Å². The van der Waals surface area contributed by atoms with Gasteiger partial charge in [-0.2, -0.15) is 10.2 Å². The van der Waals surface area contributed by atoms with Crippen LogP contribution in [0.5, 0.6) is 0 Å². The first-order valence-corrected chi connectivity index (χ1v) is 10.4. The molecule has 9 heteroatoms. The third kappa shape index (κ3) is 4.39. The maximum Gasteiger partial charge on any atom is 0.291 e. The number of rotatable bonds is 4. The molecular formula is C21H27N7O2. The molecule has 2 aromatic heterocycles. The molecule has 1 N–H and O–H groups in total. The van der Waals surface area contributed by atoms with Crippen LogP contribution in [0.4, 0.5) is 17.5 Å². The number of piperidine rings is 1. The lowest BCUT2D eigenvalue weighted by molar-refractivity contribution is 0.0996. The number of anilines is 3. The minimum Gasteiger partial charge on any atom is -0.440 e. The van der Waals surface area contributed by atoms with E-state index in [0.29, 0.717) is 17.6 Å². The molecule has 2 fully saturated rings. The molecule has 0 radical (unpaired) electrons. The van der Waals surface area contributed by atoms with Crippen molar-refractivity contribution in [3.05, 3.63) is 29.9 Å². The first kappa shape index (κ1) is 20.2. The maximum absolute atomic E-state index is 12.6. The van der Waals surface area contributed by atoms with Crippen molar-refractivity contribution in [2.45, 2.75) is 19.8 Å². The predicted molar refractivity (Wildman–Crippen MR) is 114 cm³/mol. The van der Waals surface area contributed by atoms with E-state index in [4.69, 9.17) is 14.7 Å². The summed E-state index contributed by atoms with van der Waals surface area (Å²) in [5.74, 6) is 1.90. The van der Waals surface area contributed by atoms with E-state index in [1.165, 1.54) is 12.1 Å². The Hall–Kier alpha value is -3.12. The van der Waals surface area contributed by atoms with Gasteiger partial charge in [-0.3, -0.25) is 4.79 Å². The minimum atomic E-state index is -0.418. The van der Waals surface area contributed by atoms with E-state index in [9.17, 15) is 4.79 Å². The van der Waals surface area contributed by atoms with Gasteiger partial charge in [0, 0.05) is 39.3 Å². The summed E-state index contributed by atoms with van der Waals surface area (Å²) in [5.41, 5.74) is 0.558. The van der Waals surface area contributed by atoms with E-state index in [2.05, 4.69) is 39.0 Å². The van der Waals surface area contributed by atoms with Crippen molar-refractivity contribution in [2.75, 3.05) is 61.4 Å². The molecule has 0 bridgehead atoms. The van der Waals surface area contributed by atoms with Gasteiger partial charge < -0.3 is 24.4 Å². The molecule has 0 saturated carbocycles. The molecular weight excluding hydrogens is 382 g/mol. The zero-order valence-electron chi connectivity index (χ0n) is 17.5. The Morgan fingerprint density at radius 1 is 1.17 bits per heavy atom. The summed E-state index contributed by atoms with van der Waals surface area (Å²) in [6, 6.07) is 4.87. The van der Waals surface area contributed by atoms with Crippen molar-refractivity contribution in [3.63, 3.8) is 0 Å². The zero-order chi connectivity index (χ0) is 21.1. The Morgan fingerprint density at radius 3 is 2.57 bits per heavy atom. The predicted octanol–water partition coefficient (Wildman–Crippen LogP) is 2.18. The van der Waals surface area contributed by atoms with Gasteiger partial charge in [0.25, 0.3) is 5.91 Å². The fraction of sp³-hybridized carbons (Fsp3) is 0.524. The molecule has 0 aliphatic carbocycles. The number of piperazine rings is 1. The molecule has 9 nitrogen and oxygen atoms in total. The molecule has 4 rings (SSSR count). The van der Waals surface area contributed by atoms with E-state index >= 15 is 0 Å². The summed E-state index contributed by atoms with van der Waals surface area (Å²) in [4.78, 5) is 28.7. The first-order valence-electron chi connectivity index (χ1n) is 10.4. The maximum atomic E-state index is 12.6. The van der Waals surface area contributed by atoms with E-state index in [1.54, 1.807) is 6.20 Å². The monoisotopic (exact) mass is 409 g/mol. The molecule has 0 aromatic carbocycles. The second-order valence-corrected chi connectivity index (χ2v) is 8.10. The number of nitrogens with zero attached hydrogens (tertiary/aromatic N) is 6. The summed E-state index contributed by atoms with van der Waals surface area (Å²) < 4.78 is 5.25. The van der Waals surface area contributed by atoms with Crippen LogP contribution >= 0.6 is 0 Å². The van der Waals surface area contributed by atoms with Crippen LogP contribution in [0.3, 0.4) is 0 Å². The van der Waals surface area contributed by atoms with Gasteiger partial charge in [0.1, 0.15) is 11.8 Å². The Kier molecular flexibility index (Phi) is 5.86. The average Bonchev–Trinajstić information content (AvgIpc) is 3.25. The van der Waals surface area contributed by atoms with Crippen molar-refractivity contribution >= 4 is 23.4 Å². The summed E-state index contributed by atoms with van der Waals surface area (Å²) in [5, 5.41) is 11.8. The number of aromatic nitrogens is 2. The third-order valence-corrected chi connectivity index (χ3v) is 5.81. The molecule has 4 heterocycles. The van der Waals surface area contributed by atoms with Crippen LogP contribution in [0.15, 0.2) is 22.7 Å². The Morgan fingerprint density at radius 2 is 1.90 bits per heavy atom. The number of hydrogen-bond donors (Lipinski definition) is 1. The SMILES string of the molecule is CC1CCN(c2nc(N3CCN(C)CC3)ncc2NC(=O)c2ccc(C#N)o2)CC1. The van der Waals surface area contributed by atoms with Crippen molar-refractivity contribution in [3.8, 4) is 6.07 Å². The van der Waals surface area contributed by atoms with E-state index in [-0.39, 0.29) is 11.5 Å². The lowest BCUT2D eigenvalue weighted by Crippen LogP contribution is -2.45. The van der Waals surface area contributed by atoms with Gasteiger partial charge in [-0.1, -0.05) is 6.92 Å². The smallest absolute Gasteiger partial charge is 0.291 e. The molecule has 1 amide bonds. The number of carbonyl (C=O) groups is 1. The lowest BCUT2D eigenvalue weighted by Gasteiger charge is -2.35. The third-order valence-electron chi connectivity index (χ3n) is 5.81. The number of furan rings is 1. The highest BCUT2D eigenvalue weighted by molar-refractivity contribution is 6.03. The molecule has 2 aliphatic rings. The van der Waals surface area contributed by atoms with E-state index < -0.39 is 5.91 Å². The van der Waals surface area contributed by atoms with Crippen LogP contribution < -0.4 is 15.1 Å². The second-order valence-electron chi connectivity index (χ2n) is 8.10. The number of likely N-dealkylation sites (N-methyl/N-ethyl adjacent to an activating group) is 1. The van der Waals surface area contributed by atoms with Crippen molar-refractivity contribution in [2.24, 2.45) is 5.92 Å². The van der Waals surface area contributed by atoms with Crippen LogP contribution in [0.2, 0.25) is 0 Å². The number of nitrogens with one attached hydrogen (secondary N) is 1. The molecule has 2 aromatic rings. The van der Waals surface area contributed by atoms with Crippen LogP contribution in [0.25, 0.3) is 0 Å². The minimum absolute atomic E-state index is 0.0907. The summed E-state index contributed by atoms with van der Waals surface area (Å²) in [6.45, 7) is 7.74. The number of carbonyl (C=O) groups excluding carboxylic acids is 1. The van der Waals surface area contributed by atoms with Gasteiger partial charge in [-0.25, -0.2) is 4.98 Å². The largest absolute Gasteiger partial charge is 0.440 e. The Labute approximate surface area is 176 Å². The number of amides is 1. The number of hydrogen-bond acceptors (Lipinski definition) is 8. The molecule has 2 saturated heterocycles. The number of nitriles is 1. The molecule has 30 heavy (non-hydrogen) atoms. The van der Waals surface area contributed by atoms with E-state index in [1.807, 2.05) is 6.07 Å². The van der Waals surface area contributed by atoms with Crippen LogP contribution in [0, 0.1) is 17.2 Å². The van der Waals surface area contributed by atoms with Crippen LogP contribution in [-0.2, 0) is 0 Å². The highest BCUT2D eigenvalue weighted by Crippen LogP contribution is 2.30. The normalized spacial score (nSPS) is 18.3. The molecule has 2 aliphatic heterocycles. The molecule has 0 atom stereocenters. The van der Waals surface area contributed by atoms with Gasteiger partial charge in [-0.05, 0) is 37.9 Å². The quantitative estimate of drug-likeness (QED) is 0.820. The van der Waals surface area contributed by atoms with Crippen LogP contribution in [0.1, 0.15) is 36.1 Å². The molecule has 0 spiro atoms. The van der Waals surface area contributed by atoms with Crippen molar-refractivity contribution < 1.29 is 9.21 Å². The summed E-state index contributed by atoms with van der Waals surface area (Å²) >= 11 is 0. The molecule has 0 unspecified atom stereocenters. The zero-order valence-corrected chi connectivity index (χ0v) is 17.5. The van der Waals surface area contributed by atoms with Gasteiger partial charge in [0.15, 0.2) is 11.6 Å². The standard InChI is InChI=1S/C21H27N7O2/c1-15-5-7-27(8-6-15)19-17(24-20(29)18-4-3-16(13-22)30-18)14-23-21(25-19)28-11-9-26(2)10-12-28/h3-4,14-15H,5-12H2,1-2H3,(H,24,29). The Balaban J connectivity index is 1.59. The highest BCUT2D eigenvalue weighted by Gasteiger charge is 2.24. The highest BCUT2D eigenvalue weighted by atomic mass is 16.3.